The van der Waals surface area contributed by atoms with Crippen LogP contribution in [0.4, 0.5) is 13.2 Å². The number of carbonyl (C=O) groups excluding carboxylic acids is 1. The van der Waals surface area contributed by atoms with E-state index in [1.165, 1.54) is 18.2 Å². The van der Waals surface area contributed by atoms with Crippen LogP contribution in [0.1, 0.15) is 41.5 Å². The van der Waals surface area contributed by atoms with Crippen molar-refractivity contribution in [3.63, 3.8) is 0 Å². The van der Waals surface area contributed by atoms with E-state index < -0.39 is 30.5 Å². The molecular weight excluding hydrogens is 351 g/mol. The highest BCUT2D eigenvalue weighted by Crippen LogP contribution is 2.30. The predicted molar refractivity (Wildman–Crippen MR) is 100 cm³/mol. The summed E-state index contributed by atoms with van der Waals surface area (Å²) in [6, 6.07) is 14.0. The van der Waals surface area contributed by atoms with Gasteiger partial charge in [-0.25, -0.2) is 0 Å². The van der Waals surface area contributed by atoms with Gasteiger partial charge in [0.1, 0.15) is 0 Å². The molecule has 140 valence electrons. The van der Waals surface area contributed by atoms with Gasteiger partial charge in [-0.3, -0.25) is 4.79 Å². The van der Waals surface area contributed by atoms with Crippen molar-refractivity contribution >= 4 is 16.7 Å². The molecule has 0 heterocycles. The Morgan fingerprint density at radius 1 is 1.11 bits per heavy atom. The van der Waals surface area contributed by atoms with Crippen molar-refractivity contribution in [3.05, 3.63) is 83.4 Å². The monoisotopic (exact) mass is 375 g/mol. The third kappa shape index (κ3) is 4.67. The number of hydrogen-bond acceptors (Lipinski definition) is 1. The minimum Gasteiger partial charge on any atom is -0.350 e. The highest BCUT2D eigenvalue weighted by Gasteiger charge is 2.30. The molecule has 3 aromatic carbocycles. The van der Waals surface area contributed by atoms with Gasteiger partial charge in [-0.05, 0) is 41.2 Å². The smallest absolute Gasteiger partial charge is 0.350 e. The van der Waals surface area contributed by atoms with Gasteiger partial charge in [0.15, 0.2) is 0 Å². The molecule has 0 spiro atoms. The van der Waals surface area contributed by atoms with Gasteiger partial charge in [-0.1, -0.05) is 60.7 Å². The van der Waals surface area contributed by atoms with Crippen LogP contribution < -0.4 is 5.32 Å². The molecule has 0 radical (unpaired) electrons. The topological polar surface area (TPSA) is 29.1 Å². The minimum atomic E-state index is -4.50. The molecule has 1 N–H and O–H groups in total. The Morgan fingerprint density at radius 2 is 1.85 bits per heavy atom. The average molecular weight is 375 g/mol. The van der Waals surface area contributed by atoms with Gasteiger partial charge in [0, 0.05) is 10.5 Å². The molecular formula is C22H20F3NO. The molecule has 2 nitrogen and oxygen atoms in total. The van der Waals surface area contributed by atoms with Crippen LogP contribution in [-0.2, 0) is 17.4 Å². The van der Waals surface area contributed by atoms with Crippen LogP contribution in [0.3, 0.4) is 0 Å². The Balaban J connectivity index is 1.84. The summed E-state index contributed by atoms with van der Waals surface area (Å²) in [4.78, 5) is 12.6. The van der Waals surface area contributed by atoms with Gasteiger partial charge in [0.25, 0.3) is 0 Å². The number of rotatable bonds is 5. The SMILES string of the molecule is [2H]C([2H])([2H])[C@@]([2H])(NC(=O)CCc1cccc(C(F)(F)F)c1)c1cccc2ccccc12. The van der Waals surface area contributed by atoms with Crippen molar-refractivity contribution in [2.75, 3.05) is 0 Å². The molecule has 0 aliphatic carbocycles. The largest absolute Gasteiger partial charge is 0.416 e. The predicted octanol–water partition coefficient (Wildman–Crippen LogP) is 5.67. The third-order valence-corrected chi connectivity index (χ3v) is 4.22. The second-order valence-electron chi connectivity index (χ2n) is 6.15. The number of benzene rings is 3. The number of fused-ring (bicyclic) bond motifs is 1. The fraction of sp³-hybridized carbons (Fsp3) is 0.227. The van der Waals surface area contributed by atoms with Crippen molar-refractivity contribution in [1.29, 1.82) is 0 Å². The van der Waals surface area contributed by atoms with Gasteiger partial charge in [-0.15, -0.1) is 0 Å². The van der Waals surface area contributed by atoms with Crippen LogP contribution in [0, 0.1) is 0 Å². The van der Waals surface area contributed by atoms with E-state index in [9.17, 15) is 18.0 Å². The Bertz CT molecular complexity index is 1090. The fourth-order valence-electron chi connectivity index (χ4n) is 2.87. The number of nitrogens with one attached hydrogen (secondary N) is 1. The molecule has 1 amide bonds. The maximum atomic E-state index is 12.9. The summed E-state index contributed by atoms with van der Waals surface area (Å²) in [7, 11) is 0. The lowest BCUT2D eigenvalue weighted by atomic mass is 9.99. The van der Waals surface area contributed by atoms with Gasteiger partial charge in [-0.2, -0.15) is 13.2 Å². The zero-order chi connectivity index (χ0) is 22.9. The molecule has 0 aliphatic rings. The molecule has 3 aromatic rings. The minimum absolute atomic E-state index is 0.0254. The Hall–Kier alpha value is -2.82. The summed E-state index contributed by atoms with van der Waals surface area (Å²) in [5, 5.41) is 3.54. The zero-order valence-electron chi connectivity index (χ0n) is 18.3. The van der Waals surface area contributed by atoms with Crippen molar-refractivity contribution < 1.29 is 23.4 Å². The van der Waals surface area contributed by atoms with E-state index in [2.05, 4.69) is 5.32 Å². The van der Waals surface area contributed by atoms with E-state index in [0.29, 0.717) is 10.9 Å². The molecule has 5 heteroatoms. The Morgan fingerprint density at radius 3 is 2.63 bits per heavy atom. The van der Waals surface area contributed by atoms with E-state index >= 15 is 0 Å². The summed E-state index contributed by atoms with van der Waals surface area (Å²) in [6.07, 6.45) is -4.78. The molecule has 0 saturated heterocycles. The molecule has 27 heavy (non-hydrogen) atoms. The summed E-state index contributed by atoms with van der Waals surface area (Å²) >= 11 is 0. The second kappa shape index (κ2) is 7.82. The molecule has 0 aromatic heterocycles. The van der Waals surface area contributed by atoms with E-state index in [0.717, 1.165) is 17.5 Å². The standard InChI is InChI=1S/C22H20F3NO/c1-15(19-11-5-8-17-7-2-3-10-20(17)19)26-21(27)13-12-16-6-4-9-18(14-16)22(23,24)25/h2-11,14-15H,12-13H2,1H3,(H,26,27)/t15-/m1/s1/i1D3,15D. The first kappa shape index (κ1) is 14.3. The normalized spacial score (nSPS) is 16.6. The Kier molecular flexibility index (Phi) is 4.13. The summed E-state index contributed by atoms with van der Waals surface area (Å²) < 4.78 is 71.0. The van der Waals surface area contributed by atoms with Crippen LogP contribution in [0.25, 0.3) is 10.8 Å². The van der Waals surface area contributed by atoms with Gasteiger partial charge < -0.3 is 5.32 Å². The van der Waals surface area contributed by atoms with Crippen LogP contribution in [0.2, 0.25) is 0 Å². The van der Waals surface area contributed by atoms with E-state index in [1.54, 1.807) is 36.4 Å². The molecule has 1 atom stereocenters. The first-order valence-corrected chi connectivity index (χ1v) is 8.37. The lowest BCUT2D eigenvalue weighted by molar-refractivity contribution is -0.137. The number of halogens is 3. The van der Waals surface area contributed by atoms with Gasteiger partial charge >= 0.3 is 6.18 Å². The fourth-order valence-corrected chi connectivity index (χ4v) is 2.87. The van der Waals surface area contributed by atoms with Crippen molar-refractivity contribution in [2.45, 2.75) is 31.9 Å². The first-order valence-electron chi connectivity index (χ1n) is 10.4. The van der Waals surface area contributed by atoms with Crippen LogP contribution in [0.5, 0.6) is 0 Å². The van der Waals surface area contributed by atoms with Crippen LogP contribution in [0.15, 0.2) is 66.7 Å². The first-order chi connectivity index (χ1) is 14.4. The quantitative estimate of drug-likeness (QED) is 0.612. The Labute approximate surface area is 161 Å². The van der Waals surface area contributed by atoms with Crippen molar-refractivity contribution in [3.8, 4) is 0 Å². The van der Waals surface area contributed by atoms with Crippen molar-refractivity contribution in [2.24, 2.45) is 0 Å². The van der Waals surface area contributed by atoms with Gasteiger partial charge in [0.2, 0.25) is 5.91 Å². The van der Waals surface area contributed by atoms with Gasteiger partial charge in [0.05, 0.1) is 13.0 Å². The number of carbonyl (C=O) groups is 1. The molecule has 0 bridgehead atoms. The van der Waals surface area contributed by atoms with E-state index in [4.69, 9.17) is 5.48 Å². The number of amides is 1. The lowest BCUT2D eigenvalue weighted by Gasteiger charge is -2.17. The van der Waals surface area contributed by atoms with Crippen molar-refractivity contribution in [1.82, 2.24) is 5.32 Å². The molecule has 0 fully saturated rings. The third-order valence-electron chi connectivity index (χ3n) is 4.22. The number of alkyl halides is 3. The molecule has 0 saturated carbocycles. The molecule has 0 unspecified atom stereocenters. The maximum Gasteiger partial charge on any atom is 0.416 e. The summed E-state index contributed by atoms with van der Waals surface area (Å²) in [6.45, 7) is -2.89. The maximum absolute atomic E-state index is 12.9. The summed E-state index contributed by atoms with van der Waals surface area (Å²) in [5.41, 5.74) is -0.406. The summed E-state index contributed by atoms with van der Waals surface area (Å²) in [5.74, 6) is -0.739. The highest BCUT2D eigenvalue weighted by atomic mass is 19.4. The molecule has 3 rings (SSSR count). The average Bonchev–Trinajstić information content (AvgIpc) is 2.70. The highest BCUT2D eigenvalue weighted by molar-refractivity contribution is 5.86. The number of hydrogen-bond donors (Lipinski definition) is 1. The molecule has 0 aliphatic heterocycles. The van der Waals surface area contributed by atoms with E-state index in [1.807, 2.05) is 0 Å². The lowest BCUT2D eigenvalue weighted by Crippen LogP contribution is -2.27. The zero-order valence-corrected chi connectivity index (χ0v) is 14.3. The van der Waals surface area contributed by atoms with Crippen LogP contribution >= 0.6 is 0 Å². The second-order valence-corrected chi connectivity index (χ2v) is 6.15. The van der Waals surface area contributed by atoms with Crippen LogP contribution in [-0.4, -0.2) is 5.91 Å². The van der Waals surface area contributed by atoms with E-state index in [-0.39, 0.29) is 18.4 Å². The number of aryl methyl sites for hydroxylation is 1.